The van der Waals surface area contributed by atoms with Crippen LogP contribution in [0.5, 0.6) is 0 Å². The maximum absolute atomic E-state index is 13.3. The van der Waals surface area contributed by atoms with Crippen molar-refractivity contribution in [3.8, 4) is 0 Å². The first-order chi connectivity index (χ1) is 18.8. The molecule has 2 aliphatic rings. The minimum Gasteiger partial charge on any atom is -0.382 e. The molecule has 1 N–H and O–H groups in total. The molecule has 1 fully saturated rings. The van der Waals surface area contributed by atoms with E-state index in [1.54, 1.807) is 38.3 Å². The van der Waals surface area contributed by atoms with E-state index in [0.29, 0.717) is 30.2 Å². The maximum atomic E-state index is 13.3. The molecule has 40 heavy (non-hydrogen) atoms. The van der Waals surface area contributed by atoms with Crippen molar-refractivity contribution in [3.63, 3.8) is 0 Å². The Morgan fingerprint density at radius 2 is 1.80 bits per heavy atom. The van der Waals surface area contributed by atoms with Crippen LogP contribution in [0.4, 0.5) is 13.2 Å². The van der Waals surface area contributed by atoms with Gasteiger partial charge in [-0.05, 0) is 66.8 Å². The van der Waals surface area contributed by atoms with Crippen molar-refractivity contribution in [1.29, 1.82) is 0 Å². The van der Waals surface area contributed by atoms with Crippen LogP contribution in [0.1, 0.15) is 84.2 Å². The molecule has 222 valence electrons. The lowest BCUT2D eigenvalue weighted by atomic mass is 9.81. The third-order valence-electron chi connectivity index (χ3n) is 8.20. The van der Waals surface area contributed by atoms with Gasteiger partial charge >= 0.3 is 6.18 Å². The van der Waals surface area contributed by atoms with Crippen molar-refractivity contribution < 1.29 is 31.1 Å². The summed E-state index contributed by atoms with van der Waals surface area (Å²) in [6.45, 7) is 7.58. The molecule has 0 saturated heterocycles. The van der Waals surface area contributed by atoms with Crippen LogP contribution in [0.15, 0.2) is 35.2 Å². The number of fused-ring (bicyclic) bond motifs is 1. The van der Waals surface area contributed by atoms with Gasteiger partial charge in [-0.1, -0.05) is 32.9 Å². The fraction of sp³-hybridized carbons (Fsp3) is 0.621. The van der Waals surface area contributed by atoms with Gasteiger partial charge in [-0.2, -0.15) is 13.2 Å². The molecule has 6 nitrogen and oxygen atoms in total. The van der Waals surface area contributed by atoms with Gasteiger partial charge in [0.05, 0.1) is 34.1 Å². The number of thiophene rings is 1. The molecule has 4 rings (SSSR count). The Balaban J connectivity index is 1.43. The third kappa shape index (κ3) is 6.91. The molecular formula is C29H39F3N2O4S2. The second kappa shape index (κ2) is 12.5. The predicted octanol–water partition coefficient (Wildman–Crippen LogP) is 6.54. The van der Waals surface area contributed by atoms with E-state index in [2.05, 4.69) is 24.1 Å². The number of sulfone groups is 1. The van der Waals surface area contributed by atoms with E-state index in [1.165, 1.54) is 11.3 Å². The van der Waals surface area contributed by atoms with Crippen LogP contribution in [0.25, 0.3) is 0 Å². The van der Waals surface area contributed by atoms with Crippen LogP contribution >= 0.6 is 11.3 Å². The van der Waals surface area contributed by atoms with Gasteiger partial charge in [-0.15, -0.1) is 11.3 Å². The largest absolute Gasteiger partial charge is 0.391 e. The number of hydrogen-bond donors (Lipinski definition) is 1. The molecular weight excluding hydrogens is 561 g/mol. The Bertz CT molecular complexity index is 1270. The molecule has 1 amide bonds. The number of benzene rings is 1. The van der Waals surface area contributed by atoms with Crippen molar-refractivity contribution in [2.24, 2.45) is 17.8 Å². The SMILES string of the molecule is CCS(=O)(=O)c1ccc([C@H](COC)NC(=O)c2cc3c(s2)C(C(C)C)N(C[C@H]2CC[C@H](C(F)(F)F)CC2)C3)cc1. The number of carbonyl (C=O) groups excluding carboxylic acids is 1. The number of rotatable bonds is 10. The second-order valence-electron chi connectivity index (χ2n) is 11.3. The molecule has 1 aliphatic heterocycles. The number of hydrogen-bond acceptors (Lipinski definition) is 6. The summed E-state index contributed by atoms with van der Waals surface area (Å²) < 4.78 is 69.0. The Hall–Kier alpha value is -1.95. The van der Waals surface area contributed by atoms with Gasteiger partial charge in [-0.25, -0.2) is 8.42 Å². The fourth-order valence-corrected chi connectivity index (χ4v) is 8.28. The number of alkyl halides is 3. The molecule has 11 heteroatoms. The zero-order valence-electron chi connectivity index (χ0n) is 23.5. The van der Waals surface area contributed by atoms with Gasteiger partial charge in [0, 0.05) is 31.1 Å². The molecule has 0 bridgehead atoms. The van der Waals surface area contributed by atoms with Crippen LogP contribution in [0.3, 0.4) is 0 Å². The minimum absolute atomic E-state index is 0.0155. The van der Waals surface area contributed by atoms with Gasteiger partial charge in [0.25, 0.3) is 5.91 Å². The summed E-state index contributed by atoms with van der Waals surface area (Å²) in [4.78, 5) is 17.7. The van der Waals surface area contributed by atoms with E-state index in [9.17, 15) is 26.4 Å². The van der Waals surface area contributed by atoms with Gasteiger partial charge in [-0.3, -0.25) is 9.69 Å². The number of methoxy groups -OCH3 is 1. The first-order valence-electron chi connectivity index (χ1n) is 13.9. The number of nitrogens with one attached hydrogen (secondary N) is 1. The van der Waals surface area contributed by atoms with E-state index >= 15 is 0 Å². The molecule has 1 aromatic carbocycles. The highest BCUT2D eigenvalue weighted by atomic mass is 32.2. The Morgan fingerprint density at radius 3 is 2.35 bits per heavy atom. The van der Waals surface area contributed by atoms with Crippen LogP contribution in [0, 0.1) is 17.8 Å². The van der Waals surface area contributed by atoms with Crippen LogP contribution in [-0.4, -0.2) is 51.4 Å². The summed E-state index contributed by atoms with van der Waals surface area (Å²) in [5, 5.41) is 3.04. The highest BCUT2D eigenvalue weighted by Crippen LogP contribution is 2.46. The molecule has 1 aliphatic carbocycles. The predicted molar refractivity (Wildman–Crippen MR) is 150 cm³/mol. The summed E-state index contributed by atoms with van der Waals surface area (Å²) in [7, 11) is -1.77. The number of ether oxygens (including phenoxy) is 1. The minimum atomic E-state index is -4.10. The molecule has 0 spiro atoms. The standard InChI is InChI=1S/C29H39F3N2O4S2/c1-5-40(36,37)23-12-8-20(9-13-23)24(17-38-4)33-28(35)25-14-21-16-34(26(18(2)3)27(21)39-25)15-19-6-10-22(11-7-19)29(30,31)32/h8-9,12-14,18-19,22,24,26H,5-7,10-11,15-17H2,1-4H3,(H,33,35)/t19-,22-,24-,26?/m0/s1. The fourth-order valence-electron chi connectivity index (χ4n) is 6.01. The van der Waals surface area contributed by atoms with Crippen molar-refractivity contribution in [1.82, 2.24) is 10.2 Å². The maximum Gasteiger partial charge on any atom is 0.391 e. The summed E-state index contributed by atoms with van der Waals surface area (Å²) in [6, 6.07) is 8.14. The van der Waals surface area contributed by atoms with Crippen LogP contribution in [-0.2, 0) is 21.1 Å². The van der Waals surface area contributed by atoms with Crippen molar-refractivity contribution in [3.05, 3.63) is 51.2 Å². The monoisotopic (exact) mass is 600 g/mol. The molecule has 2 aromatic rings. The number of amides is 1. The lowest BCUT2D eigenvalue weighted by Crippen LogP contribution is -2.35. The number of nitrogens with zero attached hydrogens (tertiary/aromatic N) is 1. The first kappa shape index (κ1) is 31.0. The Kier molecular flexibility index (Phi) is 9.69. The molecule has 1 saturated carbocycles. The van der Waals surface area contributed by atoms with Gasteiger partial charge in [0.15, 0.2) is 9.84 Å². The van der Waals surface area contributed by atoms with E-state index in [0.717, 1.165) is 22.5 Å². The van der Waals surface area contributed by atoms with E-state index < -0.39 is 28.0 Å². The summed E-state index contributed by atoms with van der Waals surface area (Å²) >= 11 is 1.48. The smallest absolute Gasteiger partial charge is 0.382 e. The van der Waals surface area contributed by atoms with E-state index in [-0.39, 0.29) is 48.0 Å². The van der Waals surface area contributed by atoms with Crippen molar-refractivity contribution in [2.45, 2.75) is 76.2 Å². The normalized spacial score (nSPS) is 22.9. The number of halogens is 3. The van der Waals surface area contributed by atoms with Gasteiger partial charge < -0.3 is 10.1 Å². The molecule has 2 atom stereocenters. The summed E-state index contributed by atoms with van der Waals surface area (Å²) in [5.41, 5.74) is 1.86. The van der Waals surface area contributed by atoms with Crippen molar-refractivity contribution in [2.75, 3.05) is 26.0 Å². The van der Waals surface area contributed by atoms with E-state index in [4.69, 9.17) is 4.74 Å². The molecule has 0 radical (unpaired) electrons. The first-order valence-corrected chi connectivity index (χ1v) is 16.4. The van der Waals surface area contributed by atoms with Gasteiger partial charge in [0.2, 0.25) is 0 Å². The topological polar surface area (TPSA) is 75.7 Å². The van der Waals surface area contributed by atoms with E-state index in [1.807, 2.05) is 6.07 Å². The van der Waals surface area contributed by atoms with Crippen LogP contribution in [0.2, 0.25) is 0 Å². The lowest BCUT2D eigenvalue weighted by molar-refractivity contribution is -0.184. The van der Waals surface area contributed by atoms with Crippen molar-refractivity contribution >= 4 is 27.1 Å². The molecule has 2 heterocycles. The third-order valence-corrected chi connectivity index (χ3v) is 11.2. The quantitative estimate of drug-likeness (QED) is 0.335. The summed E-state index contributed by atoms with van der Waals surface area (Å²) in [5.74, 6) is -0.824. The average molecular weight is 601 g/mol. The molecule has 1 unspecified atom stereocenters. The van der Waals surface area contributed by atoms with Crippen LogP contribution < -0.4 is 5.32 Å². The Morgan fingerprint density at radius 1 is 1.15 bits per heavy atom. The second-order valence-corrected chi connectivity index (χ2v) is 14.7. The zero-order chi connectivity index (χ0) is 29.2. The van der Waals surface area contributed by atoms with Gasteiger partial charge in [0.1, 0.15) is 0 Å². The summed E-state index contributed by atoms with van der Waals surface area (Å²) in [6.07, 6.45) is -2.49. The Labute approximate surface area is 239 Å². The highest BCUT2D eigenvalue weighted by molar-refractivity contribution is 7.91. The zero-order valence-corrected chi connectivity index (χ0v) is 25.1. The number of carbonyl (C=O) groups is 1. The average Bonchev–Trinajstić information content (AvgIpc) is 3.46. The lowest BCUT2D eigenvalue weighted by Gasteiger charge is -2.35. The highest BCUT2D eigenvalue weighted by Gasteiger charge is 2.43. The molecule has 1 aromatic heterocycles.